The Morgan fingerprint density at radius 2 is 2.32 bits per heavy atom. The van der Waals surface area contributed by atoms with Gasteiger partial charge in [-0.2, -0.15) is 0 Å². The number of nitrogens with zero attached hydrogens (tertiary/aromatic N) is 3. The van der Waals surface area contributed by atoms with E-state index in [4.69, 9.17) is 4.74 Å². The molecule has 1 aromatic heterocycles. The molecule has 0 aromatic carbocycles. The number of aromatic nitrogens is 1. The molecule has 2 heterocycles. The van der Waals surface area contributed by atoms with Crippen molar-refractivity contribution >= 4 is 5.91 Å². The van der Waals surface area contributed by atoms with E-state index in [1.807, 2.05) is 23.1 Å². The lowest BCUT2D eigenvalue weighted by atomic mass is 10.1. The van der Waals surface area contributed by atoms with Gasteiger partial charge in [0.25, 0.3) is 5.91 Å². The van der Waals surface area contributed by atoms with Crippen LogP contribution >= 0.6 is 0 Å². The molecule has 1 aliphatic heterocycles. The van der Waals surface area contributed by atoms with E-state index in [2.05, 4.69) is 23.7 Å². The number of morpholine rings is 1. The quantitative estimate of drug-likeness (QED) is 0.833. The largest absolute Gasteiger partial charge is 0.366 e. The van der Waals surface area contributed by atoms with Crippen LogP contribution in [-0.2, 0) is 9.53 Å². The standard InChI is InChI=1S/C17H25N3O2/c1-3-19-10-11-22-16(12-19)17(21)20(14-7-8-14)13(2)15-6-4-5-9-18-15/h4-6,9,13-14,16H,3,7-8,10-12H2,1-2H3/t13-,16-/m0/s1. The predicted octanol–water partition coefficient (Wildman–Crippen LogP) is 1.85. The van der Waals surface area contributed by atoms with E-state index in [9.17, 15) is 4.79 Å². The fourth-order valence-electron chi connectivity index (χ4n) is 3.11. The second-order valence-electron chi connectivity index (χ2n) is 6.16. The fourth-order valence-corrected chi connectivity index (χ4v) is 3.11. The van der Waals surface area contributed by atoms with Gasteiger partial charge >= 0.3 is 0 Å². The highest BCUT2D eigenvalue weighted by atomic mass is 16.5. The summed E-state index contributed by atoms with van der Waals surface area (Å²) in [5, 5.41) is 0. The minimum atomic E-state index is -0.333. The average molecular weight is 303 g/mol. The second kappa shape index (κ2) is 6.75. The number of carbonyl (C=O) groups is 1. The van der Waals surface area contributed by atoms with Crippen molar-refractivity contribution in [3.8, 4) is 0 Å². The smallest absolute Gasteiger partial charge is 0.253 e. The van der Waals surface area contributed by atoms with Crippen molar-refractivity contribution in [3.05, 3.63) is 30.1 Å². The van der Waals surface area contributed by atoms with Gasteiger partial charge in [-0.15, -0.1) is 0 Å². The van der Waals surface area contributed by atoms with E-state index in [1.54, 1.807) is 6.20 Å². The summed E-state index contributed by atoms with van der Waals surface area (Å²) >= 11 is 0. The first-order valence-corrected chi connectivity index (χ1v) is 8.27. The van der Waals surface area contributed by atoms with Crippen LogP contribution in [0.4, 0.5) is 0 Å². The van der Waals surface area contributed by atoms with Gasteiger partial charge in [-0.25, -0.2) is 0 Å². The van der Waals surface area contributed by atoms with Crippen LogP contribution in [0, 0.1) is 0 Å². The molecule has 0 radical (unpaired) electrons. The van der Waals surface area contributed by atoms with Crippen molar-refractivity contribution in [1.29, 1.82) is 0 Å². The number of pyridine rings is 1. The molecule has 0 N–H and O–H groups in total. The van der Waals surface area contributed by atoms with Crippen molar-refractivity contribution in [3.63, 3.8) is 0 Å². The normalized spacial score (nSPS) is 24.0. The van der Waals surface area contributed by atoms with Crippen LogP contribution in [0.25, 0.3) is 0 Å². The molecule has 1 aliphatic carbocycles. The van der Waals surface area contributed by atoms with E-state index >= 15 is 0 Å². The highest BCUT2D eigenvalue weighted by Crippen LogP contribution is 2.34. The zero-order valence-electron chi connectivity index (χ0n) is 13.4. The van der Waals surface area contributed by atoms with Gasteiger partial charge in [-0.05, 0) is 38.4 Å². The van der Waals surface area contributed by atoms with Crippen LogP contribution in [0.1, 0.15) is 38.4 Å². The van der Waals surface area contributed by atoms with Crippen molar-refractivity contribution < 1.29 is 9.53 Å². The van der Waals surface area contributed by atoms with E-state index in [0.29, 0.717) is 19.2 Å². The van der Waals surface area contributed by atoms with Crippen LogP contribution in [-0.4, -0.2) is 59.1 Å². The first-order chi connectivity index (χ1) is 10.7. The minimum Gasteiger partial charge on any atom is -0.366 e. The molecular formula is C17H25N3O2. The molecule has 1 amide bonds. The van der Waals surface area contributed by atoms with Gasteiger partial charge in [-0.1, -0.05) is 13.0 Å². The molecule has 2 atom stereocenters. The molecule has 2 aliphatic rings. The minimum absolute atomic E-state index is 0.00167. The van der Waals surface area contributed by atoms with Crippen LogP contribution in [0.15, 0.2) is 24.4 Å². The van der Waals surface area contributed by atoms with Crippen molar-refractivity contribution in [2.24, 2.45) is 0 Å². The Morgan fingerprint density at radius 1 is 1.50 bits per heavy atom. The molecule has 1 aromatic rings. The van der Waals surface area contributed by atoms with E-state index in [0.717, 1.165) is 31.6 Å². The monoisotopic (exact) mass is 303 g/mol. The third-order valence-corrected chi connectivity index (χ3v) is 4.60. The van der Waals surface area contributed by atoms with Crippen LogP contribution < -0.4 is 0 Å². The third kappa shape index (κ3) is 3.31. The summed E-state index contributed by atoms with van der Waals surface area (Å²) < 4.78 is 5.76. The van der Waals surface area contributed by atoms with Crippen LogP contribution in [0.3, 0.4) is 0 Å². The third-order valence-electron chi connectivity index (χ3n) is 4.60. The van der Waals surface area contributed by atoms with Gasteiger partial charge in [0.05, 0.1) is 18.3 Å². The van der Waals surface area contributed by atoms with Gasteiger partial charge in [0.15, 0.2) is 0 Å². The maximum atomic E-state index is 13.0. The first-order valence-electron chi connectivity index (χ1n) is 8.27. The van der Waals surface area contributed by atoms with Crippen molar-refractivity contribution in [2.75, 3.05) is 26.2 Å². The Morgan fingerprint density at radius 3 is 2.95 bits per heavy atom. The predicted molar refractivity (Wildman–Crippen MR) is 84.4 cm³/mol. The van der Waals surface area contributed by atoms with Gasteiger partial charge in [0.1, 0.15) is 6.10 Å². The zero-order valence-corrected chi connectivity index (χ0v) is 13.4. The lowest BCUT2D eigenvalue weighted by Gasteiger charge is -2.36. The molecule has 0 unspecified atom stereocenters. The number of ether oxygens (including phenoxy) is 1. The summed E-state index contributed by atoms with van der Waals surface area (Å²) in [6.45, 7) is 7.42. The number of carbonyl (C=O) groups excluding carboxylic acids is 1. The number of hydrogen-bond donors (Lipinski definition) is 0. The highest BCUT2D eigenvalue weighted by molar-refractivity contribution is 5.82. The van der Waals surface area contributed by atoms with Gasteiger partial charge in [0, 0.05) is 25.3 Å². The molecule has 5 heteroatoms. The Balaban J connectivity index is 1.74. The number of likely N-dealkylation sites (N-methyl/N-ethyl adjacent to an activating group) is 1. The van der Waals surface area contributed by atoms with Crippen molar-refractivity contribution in [1.82, 2.24) is 14.8 Å². The van der Waals surface area contributed by atoms with E-state index in [1.165, 1.54) is 0 Å². The molecule has 5 nitrogen and oxygen atoms in total. The molecule has 0 bridgehead atoms. The van der Waals surface area contributed by atoms with E-state index < -0.39 is 0 Å². The van der Waals surface area contributed by atoms with Crippen LogP contribution in [0.2, 0.25) is 0 Å². The Hall–Kier alpha value is -1.46. The van der Waals surface area contributed by atoms with Gasteiger partial charge < -0.3 is 9.64 Å². The topological polar surface area (TPSA) is 45.7 Å². The Bertz CT molecular complexity index is 504. The molecule has 2 fully saturated rings. The molecule has 1 saturated carbocycles. The van der Waals surface area contributed by atoms with Crippen LogP contribution in [0.5, 0.6) is 0 Å². The molecule has 22 heavy (non-hydrogen) atoms. The second-order valence-corrected chi connectivity index (χ2v) is 6.16. The Kier molecular flexibility index (Phi) is 4.74. The SMILES string of the molecule is CCN1CCO[C@H](C(=O)N(C2CC2)[C@@H](C)c2ccccn2)C1. The first kappa shape index (κ1) is 15.4. The summed E-state index contributed by atoms with van der Waals surface area (Å²) in [5.74, 6) is 0.124. The van der Waals surface area contributed by atoms with Crippen molar-refractivity contribution in [2.45, 2.75) is 44.9 Å². The maximum absolute atomic E-state index is 13.0. The number of rotatable bonds is 5. The Labute approximate surface area is 132 Å². The average Bonchev–Trinajstić information content (AvgIpc) is 3.40. The zero-order chi connectivity index (χ0) is 15.5. The van der Waals surface area contributed by atoms with Gasteiger partial charge in [0.2, 0.25) is 0 Å². The molecule has 1 saturated heterocycles. The summed E-state index contributed by atoms with van der Waals surface area (Å²) in [4.78, 5) is 21.7. The van der Waals surface area contributed by atoms with E-state index in [-0.39, 0.29) is 18.1 Å². The number of amides is 1. The molecule has 120 valence electrons. The lowest BCUT2D eigenvalue weighted by molar-refractivity contribution is -0.152. The molecule has 3 rings (SSSR count). The summed E-state index contributed by atoms with van der Waals surface area (Å²) in [5.41, 5.74) is 0.950. The summed E-state index contributed by atoms with van der Waals surface area (Å²) in [6, 6.07) is 6.23. The molecule has 0 spiro atoms. The summed E-state index contributed by atoms with van der Waals surface area (Å²) in [6.07, 6.45) is 3.64. The lowest BCUT2D eigenvalue weighted by Crippen LogP contribution is -2.52. The number of hydrogen-bond acceptors (Lipinski definition) is 4. The highest BCUT2D eigenvalue weighted by Gasteiger charge is 2.40. The maximum Gasteiger partial charge on any atom is 0.253 e. The van der Waals surface area contributed by atoms with Gasteiger partial charge in [-0.3, -0.25) is 14.7 Å². The summed E-state index contributed by atoms with van der Waals surface area (Å²) in [7, 11) is 0. The molecular weight excluding hydrogens is 278 g/mol. The fraction of sp³-hybridized carbons (Fsp3) is 0.647.